The first-order valence-corrected chi connectivity index (χ1v) is 17.9. The summed E-state index contributed by atoms with van der Waals surface area (Å²) < 4.78 is 25.8. The second kappa shape index (κ2) is 14.0. The zero-order valence-corrected chi connectivity index (χ0v) is 31.6. The topological polar surface area (TPSA) is 77.4 Å². The predicted molar refractivity (Wildman–Crippen MR) is 190 cm³/mol. The lowest BCUT2D eigenvalue weighted by Gasteiger charge is -2.49. The third kappa shape index (κ3) is 8.73. The Morgan fingerprint density at radius 1 is 0.574 bits per heavy atom. The van der Waals surface area contributed by atoms with Crippen molar-refractivity contribution in [3.63, 3.8) is 0 Å². The van der Waals surface area contributed by atoms with Crippen molar-refractivity contribution >= 4 is 0 Å². The smallest absolute Gasteiger partial charge is 0.162 e. The Morgan fingerprint density at radius 3 is 1.17 bits per heavy atom. The molecule has 2 N–H and O–H groups in total. The molecule has 0 unspecified atom stereocenters. The van der Waals surface area contributed by atoms with Crippen molar-refractivity contribution < 1.29 is 29.2 Å². The van der Waals surface area contributed by atoms with Crippen LogP contribution < -0.4 is 0 Å². The van der Waals surface area contributed by atoms with Gasteiger partial charge in [0.2, 0.25) is 0 Å². The molecule has 0 atom stereocenters. The third-order valence-electron chi connectivity index (χ3n) is 9.91. The van der Waals surface area contributed by atoms with Crippen LogP contribution in [0.25, 0.3) is 0 Å². The zero-order chi connectivity index (χ0) is 35.0. The molecule has 264 valence electrons. The van der Waals surface area contributed by atoms with Crippen LogP contribution in [-0.2, 0) is 55.5 Å². The summed E-state index contributed by atoms with van der Waals surface area (Å²) in [5, 5.41) is 22.0. The Morgan fingerprint density at radius 2 is 0.894 bits per heavy atom. The Bertz CT molecular complexity index is 1250. The number of hydrogen-bond donors (Lipinski definition) is 2. The molecule has 6 heteroatoms. The number of phenolic OH excluding ortho intramolecular Hbond substituents is 2. The van der Waals surface area contributed by atoms with E-state index in [0.717, 1.165) is 60.8 Å². The van der Waals surface area contributed by atoms with Gasteiger partial charge in [0.1, 0.15) is 11.5 Å². The van der Waals surface area contributed by atoms with Crippen molar-refractivity contribution in [1.82, 2.24) is 0 Å². The monoisotopic (exact) mass is 652 g/mol. The number of rotatable bonds is 10. The summed E-state index contributed by atoms with van der Waals surface area (Å²) in [5.41, 5.74) is 5.25. The van der Waals surface area contributed by atoms with Gasteiger partial charge < -0.3 is 29.2 Å². The summed E-state index contributed by atoms with van der Waals surface area (Å²) in [5.74, 6) is 0.872. The van der Waals surface area contributed by atoms with Gasteiger partial charge in [-0.15, -0.1) is 0 Å². The van der Waals surface area contributed by atoms with Crippen LogP contribution in [0.3, 0.4) is 0 Å². The van der Waals surface area contributed by atoms with Crippen molar-refractivity contribution in [3.8, 4) is 11.5 Å². The molecule has 47 heavy (non-hydrogen) atoms. The molecule has 2 heterocycles. The van der Waals surface area contributed by atoms with E-state index in [9.17, 15) is 10.2 Å². The minimum Gasteiger partial charge on any atom is -0.507 e. The minimum atomic E-state index is -0.354. The second-order valence-corrected chi connectivity index (χ2v) is 18.0. The Hall–Kier alpha value is -2.12. The molecule has 2 saturated heterocycles. The maximum absolute atomic E-state index is 11.0. The van der Waals surface area contributed by atoms with Gasteiger partial charge in [-0.1, -0.05) is 120 Å². The maximum atomic E-state index is 11.0. The summed E-state index contributed by atoms with van der Waals surface area (Å²) in [6, 6.07) is 8.66. The lowest BCUT2D eigenvalue weighted by molar-refractivity contribution is -0.333. The van der Waals surface area contributed by atoms with Crippen molar-refractivity contribution in [2.24, 2.45) is 16.2 Å². The molecule has 0 aromatic heterocycles. The van der Waals surface area contributed by atoms with Gasteiger partial charge >= 0.3 is 0 Å². The normalized spacial score (nSPS) is 23.0. The van der Waals surface area contributed by atoms with Crippen LogP contribution in [0.2, 0.25) is 0 Å². The molecule has 2 aromatic rings. The molecule has 2 aliphatic heterocycles. The molecule has 4 rings (SSSR count). The fraction of sp³-hybridized carbons (Fsp3) is 0.707. The van der Waals surface area contributed by atoms with E-state index in [0.29, 0.717) is 37.9 Å². The van der Waals surface area contributed by atoms with Gasteiger partial charge in [-0.3, -0.25) is 0 Å². The summed E-state index contributed by atoms with van der Waals surface area (Å²) in [6.07, 6.45) is 4.53. The Kier molecular flexibility index (Phi) is 11.2. The summed E-state index contributed by atoms with van der Waals surface area (Å²) in [4.78, 5) is 0. The lowest BCUT2D eigenvalue weighted by atomic mass is 9.78. The number of hydrogen-bond acceptors (Lipinski definition) is 6. The first-order valence-electron chi connectivity index (χ1n) is 17.9. The van der Waals surface area contributed by atoms with Crippen molar-refractivity contribution in [1.29, 1.82) is 0 Å². The molecule has 2 aliphatic rings. The van der Waals surface area contributed by atoms with Gasteiger partial charge in [-0.2, -0.15) is 0 Å². The molecule has 1 spiro atoms. The van der Waals surface area contributed by atoms with Crippen LogP contribution in [0.4, 0.5) is 0 Å². The zero-order valence-electron chi connectivity index (χ0n) is 31.6. The average molecular weight is 653 g/mol. The van der Waals surface area contributed by atoms with E-state index in [-0.39, 0.29) is 39.7 Å². The van der Waals surface area contributed by atoms with Gasteiger partial charge in [0, 0.05) is 10.8 Å². The van der Waals surface area contributed by atoms with Gasteiger partial charge in [0.25, 0.3) is 0 Å². The van der Waals surface area contributed by atoms with Gasteiger partial charge in [-0.05, 0) is 69.9 Å². The van der Waals surface area contributed by atoms with E-state index in [2.05, 4.69) is 107 Å². The predicted octanol–water partition coefficient (Wildman–Crippen LogP) is 9.17. The lowest BCUT2D eigenvalue weighted by Crippen LogP contribution is -2.56. The quantitative estimate of drug-likeness (QED) is 0.267. The SMILES string of the molecule is CCCc1cc(CC(C)(C)C2OCC3(CO2)COC(C(C)(C)Cc2cc(CCC)c(O)c(C(C)(C)C)c2)OC3)cc(C(C)(C)C)c1O. The Labute approximate surface area is 285 Å². The number of aromatic hydroxyl groups is 2. The summed E-state index contributed by atoms with van der Waals surface area (Å²) in [6.45, 7) is 28.1. The minimum absolute atomic E-state index is 0.151. The number of phenols is 2. The number of benzene rings is 2. The van der Waals surface area contributed by atoms with Gasteiger partial charge in [0.15, 0.2) is 12.6 Å². The van der Waals surface area contributed by atoms with Crippen LogP contribution in [0.1, 0.15) is 129 Å². The maximum Gasteiger partial charge on any atom is 0.162 e. The van der Waals surface area contributed by atoms with E-state index < -0.39 is 0 Å². The molecule has 2 aromatic carbocycles. The van der Waals surface area contributed by atoms with Gasteiger partial charge in [-0.25, -0.2) is 0 Å². The van der Waals surface area contributed by atoms with E-state index in [1.54, 1.807) is 0 Å². The number of aryl methyl sites for hydroxylation is 2. The van der Waals surface area contributed by atoms with Crippen LogP contribution in [-0.4, -0.2) is 49.2 Å². The van der Waals surface area contributed by atoms with Crippen LogP contribution >= 0.6 is 0 Å². The highest BCUT2D eigenvalue weighted by molar-refractivity contribution is 5.48. The van der Waals surface area contributed by atoms with E-state index in [1.807, 2.05) is 0 Å². The third-order valence-corrected chi connectivity index (χ3v) is 9.91. The highest BCUT2D eigenvalue weighted by atomic mass is 16.7. The largest absolute Gasteiger partial charge is 0.507 e. The van der Waals surface area contributed by atoms with Crippen LogP contribution in [0, 0.1) is 16.2 Å². The van der Waals surface area contributed by atoms with Gasteiger partial charge in [0.05, 0.1) is 31.8 Å². The van der Waals surface area contributed by atoms with Crippen LogP contribution in [0.15, 0.2) is 24.3 Å². The van der Waals surface area contributed by atoms with Crippen molar-refractivity contribution in [2.45, 2.75) is 145 Å². The van der Waals surface area contributed by atoms with Crippen molar-refractivity contribution in [2.75, 3.05) is 26.4 Å². The first-order chi connectivity index (χ1) is 21.7. The van der Waals surface area contributed by atoms with Crippen LogP contribution in [0.5, 0.6) is 11.5 Å². The average Bonchev–Trinajstić information content (AvgIpc) is 2.95. The number of ether oxygens (including phenoxy) is 4. The Balaban J connectivity index is 1.40. The standard InChI is InChI=1S/C41H64O6/c1-13-15-29-17-27(19-31(33(29)42)37(3,4)5)21-39(9,10)35-44-23-41(24-45-35)25-46-36(47-26-41)40(11,12)22-28-18-30(16-14-2)34(43)32(20-28)38(6,7)8/h17-20,35-36,42-43H,13-16,21-26H2,1-12H3. The first kappa shape index (κ1) is 37.7. The van der Waals surface area contributed by atoms with Crippen molar-refractivity contribution in [3.05, 3.63) is 57.6 Å². The summed E-state index contributed by atoms with van der Waals surface area (Å²) >= 11 is 0. The molecular weight excluding hydrogens is 588 g/mol. The summed E-state index contributed by atoms with van der Waals surface area (Å²) in [7, 11) is 0. The fourth-order valence-electron chi connectivity index (χ4n) is 7.27. The molecule has 2 fully saturated rings. The molecular formula is C41H64O6. The molecule has 0 bridgehead atoms. The molecule has 0 amide bonds. The van der Waals surface area contributed by atoms with E-state index >= 15 is 0 Å². The van der Waals surface area contributed by atoms with E-state index in [1.165, 1.54) is 11.1 Å². The van der Waals surface area contributed by atoms with E-state index in [4.69, 9.17) is 18.9 Å². The second-order valence-electron chi connectivity index (χ2n) is 18.0. The molecule has 0 radical (unpaired) electrons. The molecule has 6 nitrogen and oxygen atoms in total. The molecule has 0 saturated carbocycles. The highest BCUT2D eigenvalue weighted by Crippen LogP contribution is 2.43. The highest BCUT2D eigenvalue weighted by Gasteiger charge is 2.48. The fourth-order valence-corrected chi connectivity index (χ4v) is 7.27. The molecule has 0 aliphatic carbocycles.